The molecule has 4 amide bonds. The number of imide groups is 2. The smallest absolute Gasteiger partial charge is 0.262 e. The van der Waals surface area contributed by atoms with Crippen LogP contribution in [0.15, 0.2) is 18.2 Å². The SMILES string of the molecule is O=C1CCC(N2C(=O)c3ccc(CN4CCCCC4CC[C@H]4CCCN4)cc3C2=O)C(=O)N1. The molecule has 0 saturated carbocycles. The van der Waals surface area contributed by atoms with Crippen molar-refractivity contribution in [3.63, 3.8) is 0 Å². The van der Waals surface area contributed by atoms with Crippen LogP contribution in [-0.4, -0.2) is 64.6 Å². The summed E-state index contributed by atoms with van der Waals surface area (Å²) in [6.45, 7) is 2.95. The summed E-state index contributed by atoms with van der Waals surface area (Å²) in [6, 6.07) is 5.75. The second-order valence-electron chi connectivity index (χ2n) is 9.82. The summed E-state index contributed by atoms with van der Waals surface area (Å²) in [6.07, 6.45) is 8.90. The molecule has 2 unspecified atom stereocenters. The molecule has 5 rings (SSSR count). The van der Waals surface area contributed by atoms with Crippen LogP contribution in [0.1, 0.15) is 84.1 Å². The lowest BCUT2D eigenvalue weighted by atomic mass is 9.94. The van der Waals surface area contributed by atoms with Crippen LogP contribution in [0.5, 0.6) is 0 Å². The molecule has 33 heavy (non-hydrogen) atoms. The molecular weight excluding hydrogens is 420 g/mol. The van der Waals surface area contributed by atoms with Crippen LogP contribution < -0.4 is 10.6 Å². The third kappa shape index (κ3) is 4.46. The molecule has 0 aliphatic carbocycles. The lowest BCUT2D eigenvalue weighted by Gasteiger charge is -2.36. The standard InChI is InChI=1S/C25H32N4O4/c30-22-11-10-21(23(31)27-22)29-24(32)19-9-6-16(14-20(19)25(29)33)15-28-13-2-1-5-18(28)8-7-17-4-3-12-26-17/h6,9,14,17-18,21,26H,1-5,7-8,10-13,15H2,(H,27,30,31)/t17-,18?,21?/m1/s1. The zero-order chi connectivity index (χ0) is 22.9. The molecule has 4 heterocycles. The Morgan fingerprint density at radius 1 is 0.909 bits per heavy atom. The molecule has 1 aromatic carbocycles. The van der Waals surface area contributed by atoms with Crippen molar-refractivity contribution in [2.45, 2.75) is 82.5 Å². The number of amides is 4. The van der Waals surface area contributed by atoms with Crippen LogP contribution in [0.25, 0.3) is 0 Å². The number of hydrogen-bond acceptors (Lipinski definition) is 6. The maximum absolute atomic E-state index is 13.1. The molecule has 3 fully saturated rings. The van der Waals surface area contributed by atoms with Crippen LogP contribution in [0.2, 0.25) is 0 Å². The van der Waals surface area contributed by atoms with Gasteiger partial charge >= 0.3 is 0 Å². The average Bonchev–Trinajstić information content (AvgIpc) is 3.41. The Hall–Kier alpha value is -2.58. The van der Waals surface area contributed by atoms with Gasteiger partial charge in [-0.25, -0.2) is 0 Å². The molecule has 3 atom stereocenters. The summed E-state index contributed by atoms with van der Waals surface area (Å²) < 4.78 is 0. The molecule has 4 aliphatic heterocycles. The number of likely N-dealkylation sites (tertiary alicyclic amines) is 1. The normalized spacial score (nSPS) is 28.4. The van der Waals surface area contributed by atoms with Crippen molar-refractivity contribution in [1.29, 1.82) is 0 Å². The number of piperidine rings is 2. The van der Waals surface area contributed by atoms with E-state index in [2.05, 4.69) is 15.5 Å². The first-order valence-corrected chi connectivity index (χ1v) is 12.3. The van der Waals surface area contributed by atoms with Crippen molar-refractivity contribution < 1.29 is 19.2 Å². The van der Waals surface area contributed by atoms with Crippen molar-refractivity contribution in [2.24, 2.45) is 0 Å². The van der Waals surface area contributed by atoms with E-state index in [0.717, 1.165) is 30.1 Å². The Morgan fingerprint density at radius 3 is 2.55 bits per heavy atom. The predicted molar refractivity (Wildman–Crippen MR) is 121 cm³/mol. The first kappa shape index (κ1) is 22.2. The largest absolute Gasteiger partial charge is 0.314 e. The second-order valence-corrected chi connectivity index (χ2v) is 9.82. The van der Waals surface area contributed by atoms with Gasteiger partial charge in [-0.15, -0.1) is 0 Å². The molecule has 0 bridgehead atoms. The summed E-state index contributed by atoms with van der Waals surface area (Å²) in [5.41, 5.74) is 1.73. The Bertz CT molecular complexity index is 971. The van der Waals surface area contributed by atoms with E-state index in [-0.39, 0.29) is 18.7 Å². The third-order valence-corrected chi connectivity index (χ3v) is 7.65. The van der Waals surface area contributed by atoms with E-state index in [4.69, 9.17) is 0 Å². The van der Waals surface area contributed by atoms with E-state index in [0.29, 0.717) is 23.2 Å². The van der Waals surface area contributed by atoms with Crippen molar-refractivity contribution in [3.8, 4) is 0 Å². The minimum Gasteiger partial charge on any atom is -0.314 e. The summed E-state index contributed by atoms with van der Waals surface area (Å²) in [7, 11) is 0. The zero-order valence-corrected chi connectivity index (χ0v) is 19.0. The number of benzene rings is 1. The Morgan fingerprint density at radius 2 is 1.76 bits per heavy atom. The van der Waals surface area contributed by atoms with Gasteiger partial charge in [-0.05, 0) is 75.7 Å². The van der Waals surface area contributed by atoms with E-state index < -0.39 is 23.8 Å². The molecule has 8 heteroatoms. The second kappa shape index (κ2) is 9.35. The van der Waals surface area contributed by atoms with Crippen LogP contribution in [-0.2, 0) is 16.1 Å². The fraction of sp³-hybridized carbons (Fsp3) is 0.600. The van der Waals surface area contributed by atoms with Gasteiger partial charge in [-0.3, -0.25) is 34.3 Å². The van der Waals surface area contributed by atoms with Crippen LogP contribution in [0, 0.1) is 0 Å². The molecule has 4 aliphatic rings. The van der Waals surface area contributed by atoms with Gasteiger partial charge in [0.1, 0.15) is 6.04 Å². The van der Waals surface area contributed by atoms with Gasteiger partial charge in [0.2, 0.25) is 11.8 Å². The van der Waals surface area contributed by atoms with Gasteiger partial charge < -0.3 is 5.32 Å². The maximum Gasteiger partial charge on any atom is 0.262 e. The lowest BCUT2D eigenvalue weighted by Crippen LogP contribution is -2.54. The minimum absolute atomic E-state index is 0.127. The lowest BCUT2D eigenvalue weighted by molar-refractivity contribution is -0.136. The number of carbonyl (C=O) groups excluding carboxylic acids is 4. The summed E-state index contributed by atoms with van der Waals surface area (Å²) in [4.78, 5) is 53.3. The number of nitrogens with one attached hydrogen (secondary N) is 2. The summed E-state index contributed by atoms with van der Waals surface area (Å²) in [5, 5.41) is 5.84. The predicted octanol–water partition coefficient (Wildman–Crippen LogP) is 1.97. The van der Waals surface area contributed by atoms with Crippen LogP contribution in [0.4, 0.5) is 0 Å². The number of rotatable bonds is 6. The van der Waals surface area contributed by atoms with E-state index >= 15 is 0 Å². The van der Waals surface area contributed by atoms with E-state index in [1.54, 1.807) is 6.07 Å². The fourth-order valence-corrected chi connectivity index (χ4v) is 5.84. The molecule has 0 spiro atoms. The molecule has 176 valence electrons. The zero-order valence-electron chi connectivity index (χ0n) is 19.0. The summed E-state index contributed by atoms with van der Waals surface area (Å²) >= 11 is 0. The monoisotopic (exact) mass is 452 g/mol. The highest BCUT2D eigenvalue weighted by molar-refractivity contribution is 6.23. The molecule has 0 aromatic heterocycles. The minimum atomic E-state index is -0.922. The maximum atomic E-state index is 13.1. The molecule has 8 nitrogen and oxygen atoms in total. The highest BCUT2D eigenvalue weighted by Gasteiger charge is 2.44. The average molecular weight is 453 g/mol. The Kier molecular flexibility index (Phi) is 6.29. The van der Waals surface area contributed by atoms with Crippen molar-refractivity contribution in [3.05, 3.63) is 34.9 Å². The quantitative estimate of drug-likeness (QED) is 0.641. The number of carbonyl (C=O) groups is 4. The van der Waals surface area contributed by atoms with E-state index in [1.165, 1.54) is 44.9 Å². The highest BCUT2D eigenvalue weighted by atomic mass is 16.2. The Balaban J connectivity index is 1.28. The first-order valence-electron chi connectivity index (χ1n) is 12.3. The number of nitrogens with zero attached hydrogens (tertiary/aromatic N) is 2. The molecule has 1 aromatic rings. The highest BCUT2D eigenvalue weighted by Crippen LogP contribution is 2.30. The van der Waals surface area contributed by atoms with Crippen molar-refractivity contribution >= 4 is 23.6 Å². The fourth-order valence-electron chi connectivity index (χ4n) is 5.84. The van der Waals surface area contributed by atoms with E-state index in [9.17, 15) is 19.2 Å². The van der Waals surface area contributed by atoms with Gasteiger partial charge in [0, 0.05) is 25.0 Å². The van der Waals surface area contributed by atoms with Crippen molar-refractivity contribution in [2.75, 3.05) is 13.1 Å². The molecule has 3 saturated heterocycles. The number of fused-ring (bicyclic) bond motifs is 1. The third-order valence-electron chi connectivity index (χ3n) is 7.65. The van der Waals surface area contributed by atoms with Gasteiger partial charge in [-0.1, -0.05) is 12.5 Å². The van der Waals surface area contributed by atoms with Gasteiger partial charge in [-0.2, -0.15) is 0 Å². The van der Waals surface area contributed by atoms with Crippen molar-refractivity contribution in [1.82, 2.24) is 20.4 Å². The first-order chi connectivity index (χ1) is 16.0. The molecule has 0 radical (unpaired) electrons. The molecular formula is C25H32N4O4. The summed E-state index contributed by atoms with van der Waals surface area (Å²) in [5.74, 6) is -1.83. The van der Waals surface area contributed by atoms with Crippen LogP contribution >= 0.6 is 0 Å². The van der Waals surface area contributed by atoms with Gasteiger partial charge in [0.05, 0.1) is 11.1 Å². The number of hydrogen-bond donors (Lipinski definition) is 2. The van der Waals surface area contributed by atoms with Gasteiger partial charge in [0.15, 0.2) is 0 Å². The van der Waals surface area contributed by atoms with Crippen LogP contribution in [0.3, 0.4) is 0 Å². The topological polar surface area (TPSA) is 98.8 Å². The van der Waals surface area contributed by atoms with E-state index in [1.807, 2.05) is 12.1 Å². The van der Waals surface area contributed by atoms with Gasteiger partial charge in [0.25, 0.3) is 11.8 Å². The molecule has 2 N–H and O–H groups in total. The Labute approximate surface area is 194 Å².